The van der Waals surface area contributed by atoms with E-state index >= 15 is 0 Å². The molecule has 2 heteroatoms. The summed E-state index contributed by atoms with van der Waals surface area (Å²) in [6.07, 6.45) is 12.7. The lowest BCUT2D eigenvalue weighted by Gasteiger charge is -2.52. The monoisotopic (exact) mass is 416 g/mol. The number of hydrogen-bond acceptors (Lipinski definition) is 2. The van der Waals surface area contributed by atoms with Crippen molar-refractivity contribution in [1.29, 1.82) is 0 Å². The molecule has 0 aromatic heterocycles. The highest BCUT2D eigenvalue weighted by Gasteiger charge is 2.61. The molecule has 4 aliphatic rings. The number of aryl methyl sites for hydroxylation is 1. The SMILES string of the molecule is CCC#CC#CC1(O)CC[C@H]2[C@@H]3CCc4cc(OC5CCCC5)ccc4[C@H]3CC[C@@]21C. The van der Waals surface area contributed by atoms with Crippen molar-refractivity contribution in [3.8, 4) is 29.4 Å². The van der Waals surface area contributed by atoms with Crippen molar-refractivity contribution >= 4 is 0 Å². The molecule has 164 valence electrons. The van der Waals surface area contributed by atoms with Gasteiger partial charge >= 0.3 is 0 Å². The van der Waals surface area contributed by atoms with Gasteiger partial charge in [0.15, 0.2) is 0 Å². The highest BCUT2D eigenvalue weighted by molar-refractivity contribution is 5.42. The molecule has 0 bridgehead atoms. The molecule has 1 unspecified atom stereocenters. The number of fused-ring (bicyclic) bond motifs is 5. The van der Waals surface area contributed by atoms with Gasteiger partial charge in [0, 0.05) is 11.8 Å². The zero-order chi connectivity index (χ0) is 21.5. The molecule has 0 radical (unpaired) electrons. The van der Waals surface area contributed by atoms with E-state index in [-0.39, 0.29) is 5.41 Å². The van der Waals surface area contributed by atoms with Crippen LogP contribution in [0.25, 0.3) is 0 Å². The molecule has 31 heavy (non-hydrogen) atoms. The van der Waals surface area contributed by atoms with Gasteiger partial charge in [-0.3, -0.25) is 0 Å². The molecule has 1 N–H and O–H groups in total. The Labute approximate surface area is 188 Å². The van der Waals surface area contributed by atoms with Crippen LogP contribution >= 0.6 is 0 Å². The third-order valence-corrected chi connectivity index (χ3v) is 9.05. The van der Waals surface area contributed by atoms with Gasteiger partial charge in [-0.25, -0.2) is 0 Å². The van der Waals surface area contributed by atoms with Crippen LogP contribution in [0.2, 0.25) is 0 Å². The number of aliphatic hydroxyl groups is 1. The molecule has 1 aromatic rings. The molecule has 1 aromatic carbocycles. The van der Waals surface area contributed by atoms with E-state index in [0.717, 1.165) is 44.3 Å². The third-order valence-electron chi connectivity index (χ3n) is 9.05. The summed E-state index contributed by atoms with van der Waals surface area (Å²) in [7, 11) is 0. The number of benzene rings is 1. The van der Waals surface area contributed by atoms with Gasteiger partial charge < -0.3 is 9.84 Å². The van der Waals surface area contributed by atoms with Crippen molar-refractivity contribution in [1.82, 2.24) is 0 Å². The van der Waals surface area contributed by atoms with E-state index in [1.54, 1.807) is 5.56 Å². The van der Waals surface area contributed by atoms with Crippen LogP contribution in [0.5, 0.6) is 5.75 Å². The van der Waals surface area contributed by atoms with Crippen LogP contribution in [0.3, 0.4) is 0 Å². The fourth-order valence-electron chi connectivity index (χ4n) is 7.32. The van der Waals surface area contributed by atoms with Crippen LogP contribution in [0, 0.1) is 40.9 Å². The normalized spacial score (nSPS) is 36.3. The van der Waals surface area contributed by atoms with E-state index in [1.165, 1.54) is 37.7 Å². The first kappa shape index (κ1) is 21.0. The maximum atomic E-state index is 11.5. The van der Waals surface area contributed by atoms with Gasteiger partial charge in [-0.05, 0) is 117 Å². The molecule has 4 aliphatic carbocycles. The fourth-order valence-corrected chi connectivity index (χ4v) is 7.32. The quantitative estimate of drug-likeness (QED) is 0.598. The predicted octanol–water partition coefficient (Wildman–Crippen LogP) is 6.01. The van der Waals surface area contributed by atoms with Crippen molar-refractivity contribution < 1.29 is 9.84 Å². The van der Waals surface area contributed by atoms with E-state index < -0.39 is 5.60 Å². The van der Waals surface area contributed by atoms with Crippen LogP contribution in [-0.4, -0.2) is 16.8 Å². The first-order chi connectivity index (χ1) is 15.0. The highest BCUT2D eigenvalue weighted by atomic mass is 16.5. The first-order valence-corrected chi connectivity index (χ1v) is 12.6. The largest absolute Gasteiger partial charge is 0.490 e. The van der Waals surface area contributed by atoms with Crippen LogP contribution in [0.4, 0.5) is 0 Å². The average molecular weight is 417 g/mol. The van der Waals surface area contributed by atoms with Gasteiger partial charge in [0.2, 0.25) is 0 Å². The summed E-state index contributed by atoms with van der Waals surface area (Å²) in [4.78, 5) is 0. The molecule has 0 heterocycles. The van der Waals surface area contributed by atoms with E-state index in [1.807, 2.05) is 6.92 Å². The van der Waals surface area contributed by atoms with Gasteiger partial charge in [0.05, 0.1) is 6.10 Å². The fraction of sp³-hybridized carbons (Fsp3) is 0.655. The zero-order valence-corrected chi connectivity index (χ0v) is 19.2. The van der Waals surface area contributed by atoms with Crippen molar-refractivity contribution in [2.75, 3.05) is 0 Å². The first-order valence-electron chi connectivity index (χ1n) is 12.6. The molecular formula is C29H36O2. The summed E-state index contributed by atoms with van der Waals surface area (Å²) in [5.41, 5.74) is 2.05. The van der Waals surface area contributed by atoms with E-state index in [2.05, 4.69) is 48.8 Å². The lowest BCUT2D eigenvalue weighted by Crippen LogP contribution is -2.50. The van der Waals surface area contributed by atoms with E-state index in [4.69, 9.17) is 4.74 Å². The highest BCUT2D eigenvalue weighted by Crippen LogP contribution is 2.64. The average Bonchev–Trinajstić information content (AvgIpc) is 3.37. The Bertz CT molecular complexity index is 950. The molecular weight excluding hydrogens is 380 g/mol. The third kappa shape index (κ3) is 3.58. The molecule has 0 saturated heterocycles. The van der Waals surface area contributed by atoms with Crippen LogP contribution in [0.1, 0.15) is 95.1 Å². The Kier molecular flexibility index (Phi) is 5.56. The van der Waals surface area contributed by atoms with Gasteiger partial charge in [0.1, 0.15) is 11.4 Å². The molecule has 2 nitrogen and oxygen atoms in total. The summed E-state index contributed by atoms with van der Waals surface area (Å²) < 4.78 is 6.29. The van der Waals surface area contributed by atoms with Crippen LogP contribution in [0.15, 0.2) is 18.2 Å². The number of hydrogen-bond donors (Lipinski definition) is 1. The summed E-state index contributed by atoms with van der Waals surface area (Å²) in [5.74, 6) is 15.0. The standard InChI is InChI=1S/C29H36O2/c1-3-4-5-8-17-29(30)19-16-27-26-13-11-21-20-23(31-22-9-6-7-10-22)12-14-24(21)25(26)15-18-28(27,29)2/h12,14,20,22,25-27,30H,3,6-7,9-11,13,15-16,18-19H2,1-2H3/t25-,26-,27+,28+,29?/m1/s1. The van der Waals surface area contributed by atoms with Crippen LogP contribution in [-0.2, 0) is 6.42 Å². The van der Waals surface area contributed by atoms with Crippen molar-refractivity contribution in [2.45, 2.75) is 102 Å². The predicted molar refractivity (Wildman–Crippen MR) is 125 cm³/mol. The Morgan fingerprint density at radius 1 is 1.06 bits per heavy atom. The molecule has 0 spiro atoms. The Balaban J connectivity index is 1.36. The number of ether oxygens (including phenoxy) is 1. The summed E-state index contributed by atoms with van der Waals surface area (Å²) in [6, 6.07) is 6.91. The molecule has 5 rings (SSSR count). The second-order valence-electron chi connectivity index (χ2n) is 10.6. The van der Waals surface area contributed by atoms with Gasteiger partial charge in [-0.1, -0.05) is 31.8 Å². The lowest BCUT2D eigenvalue weighted by atomic mass is 9.53. The molecule has 3 saturated carbocycles. The van der Waals surface area contributed by atoms with E-state index in [0.29, 0.717) is 23.9 Å². The maximum absolute atomic E-state index is 11.5. The number of rotatable bonds is 2. The summed E-state index contributed by atoms with van der Waals surface area (Å²) in [5, 5.41) is 11.5. The van der Waals surface area contributed by atoms with Crippen molar-refractivity contribution in [3.63, 3.8) is 0 Å². The minimum Gasteiger partial charge on any atom is -0.490 e. The minimum absolute atomic E-state index is 0.113. The molecule has 5 atom stereocenters. The van der Waals surface area contributed by atoms with E-state index in [9.17, 15) is 5.11 Å². The Morgan fingerprint density at radius 3 is 2.71 bits per heavy atom. The van der Waals surface area contributed by atoms with Crippen LogP contribution < -0.4 is 4.74 Å². The van der Waals surface area contributed by atoms with Gasteiger partial charge in [-0.2, -0.15) is 0 Å². The molecule has 0 aliphatic heterocycles. The molecule has 3 fully saturated rings. The second-order valence-corrected chi connectivity index (χ2v) is 10.6. The second kappa shape index (κ2) is 8.22. The lowest BCUT2D eigenvalue weighted by molar-refractivity contribution is -0.0647. The Hall–Kier alpha value is -1.90. The van der Waals surface area contributed by atoms with Gasteiger partial charge in [-0.15, -0.1) is 0 Å². The topological polar surface area (TPSA) is 29.5 Å². The van der Waals surface area contributed by atoms with Gasteiger partial charge in [0.25, 0.3) is 0 Å². The smallest absolute Gasteiger partial charge is 0.132 e. The minimum atomic E-state index is -0.885. The summed E-state index contributed by atoms with van der Waals surface area (Å²) >= 11 is 0. The summed E-state index contributed by atoms with van der Waals surface area (Å²) in [6.45, 7) is 4.33. The van der Waals surface area contributed by atoms with Crippen molar-refractivity contribution in [3.05, 3.63) is 29.3 Å². The zero-order valence-electron chi connectivity index (χ0n) is 19.2. The molecule has 0 amide bonds. The Morgan fingerprint density at radius 2 is 1.90 bits per heavy atom. The van der Waals surface area contributed by atoms with Crippen molar-refractivity contribution in [2.24, 2.45) is 17.3 Å². The maximum Gasteiger partial charge on any atom is 0.132 e.